The molecule has 166 valence electrons. The maximum absolute atomic E-state index is 5.91. The Hall–Kier alpha value is -0.160. The number of hydrogen-bond donors (Lipinski definition) is 2. The average molecular weight is 512 g/mol. The molecule has 0 unspecified atom stereocenters. The van der Waals surface area contributed by atoms with Crippen molar-refractivity contribution >= 4 is 29.9 Å². The highest BCUT2D eigenvalue weighted by Gasteiger charge is 2.19. The summed E-state index contributed by atoms with van der Waals surface area (Å²) in [4.78, 5) is 6.85. The predicted octanol–water partition coefficient (Wildman–Crippen LogP) is 2.24. The summed E-state index contributed by atoms with van der Waals surface area (Å²) in [6.07, 6.45) is 6.04. The molecule has 0 radical (unpaired) electrons. The van der Waals surface area contributed by atoms with Gasteiger partial charge in [0.1, 0.15) is 0 Å². The Morgan fingerprint density at radius 2 is 1.86 bits per heavy atom. The number of nitrogens with one attached hydrogen (secondary N) is 2. The van der Waals surface area contributed by atoms with Crippen LogP contribution in [-0.4, -0.2) is 88.8 Å². The first-order chi connectivity index (χ1) is 13.2. The van der Waals surface area contributed by atoms with Crippen LogP contribution in [0.15, 0.2) is 4.99 Å². The van der Waals surface area contributed by atoms with Crippen molar-refractivity contribution in [1.82, 2.24) is 15.5 Å². The first kappa shape index (κ1) is 25.9. The molecule has 2 saturated heterocycles. The summed E-state index contributed by atoms with van der Waals surface area (Å²) in [6, 6.07) is 0.497. The number of piperidine rings is 1. The largest absolute Gasteiger partial charge is 0.381 e. The Bertz CT molecular complexity index is 412. The third-order valence-electron chi connectivity index (χ3n) is 5.15. The van der Waals surface area contributed by atoms with Gasteiger partial charge < -0.3 is 29.7 Å². The molecule has 0 amide bonds. The van der Waals surface area contributed by atoms with Crippen LogP contribution in [0.3, 0.4) is 0 Å². The van der Waals surface area contributed by atoms with Gasteiger partial charge in [0.15, 0.2) is 5.96 Å². The van der Waals surface area contributed by atoms with Gasteiger partial charge in [-0.05, 0) is 46.0 Å². The minimum atomic E-state index is 0. The van der Waals surface area contributed by atoms with Gasteiger partial charge in [0.25, 0.3) is 0 Å². The fourth-order valence-electron chi connectivity index (χ4n) is 3.48. The van der Waals surface area contributed by atoms with E-state index in [0.717, 1.165) is 90.7 Å². The zero-order chi connectivity index (χ0) is 19.3. The Morgan fingerprint density at radius 3 is 2.50 bits per heavy atom. The molecule has 2 aliphatic heterocycles. The van der Waals surface area contributed by atoms with Crippen molar-refractivity contribution in [2.24, 2.45) is 4.99 Å². The van der Waals surface area contributed by atoms with E-state index in [-0.39, 0.29) is 24.0 Å². The summed E-state index contributed by atoms with van der Waals surface area (Å²) < 4.78 is 16.9. The number of rotatable bonds is 10. The second kappa shape index (κ2) is 15.6. The minimum Gasteiger partial charge on any atom is -0.381 e. The van der Waals surface area contributed by atoms with Gasteiger partial charge in [-0.25, -0.2) is 0 Å². The number of aliphatic imine (C=N–C) groups is 1. The highest BCUT2D eigenvalue weighted by Crippen LogP contribution is 2.11. The van der Waals surface area contributed by atoms with Crippen LogP contribution in [0.2, 0.25) is 0 Å². The molecule has 2 heterocycles. The van der Waals surface area contributed by atoms with Crippen LogP contribution in [0.5, 0.6) is 0 Å². The lowest BCUT2D eigenvalue weighted by atomic mass is 10.1. The van der Waals surface area contributed by atoms with Gasteiger partial charge in [-0.3, -0.25) is 4.99 Å². The Labute approximate surface area is 188 Å². The van der Waals surface area contributed by atoms with Crippen molar-refractivity contribution in [3.05, 3.63) is 0 Å². The predicted molar refractivity (Wildman–Crippen MR) is 125 cm³/mol. The number of likely N-dealkylation sites (tertiary alicyclic amines) is 1. The Morgan fingerprint density at radius 1 is 1.14 bits per heavy atom. The molecule has 8 heteroatoms. The maximum atomic E-state index is 5.91. The number of nitrogens with zero attached hydrogens (tertiary/aromatic N) is 2. The van der Waals surface area contributed by atoms with Crippen LogP contribution >= 0.6 is 24.0 Å². The van der Waals surface area contributed by atoms with Gasteiger partial charge >= 0.3 is 0 Å². The molecule has 0 aliphatic carbocycles. The van der Waals surface area contributed by atoms with Crippen molar-refractivity contribution in [1.29, 1.82) is 0 Å². The van der Waals surface area contributed by atoms with Crippen LogP contribution < -0.4 is 10.6 Å². The summed E-state index contributed by atoms with van der Waals surface area (Å²) in [5.41, 5.74) is 0. The summed E-state index contributed by atoms with van der Waals surface area (Å²) in [5.74, 6) is 0.905. The lowest BCUT2D eigenvalue weighted by molar-refractivity contribution is -0.0320. The lowest BCUT2D eigenvalue weighted by Crippen LogP contribution is -2.49. The first-order valence-electron chi connectivity index (χ1n) is 10.7. The Kier molecular flexibility index (Phi) is 14.5. The van der Waals surface area contributed by atoms with Crippen molar-refractivity contribution in [2.45, 2.75) is 64.2 Å². The first-order valence-corrected chi connectivity index (χ1v) is 10.7. The summed E-state index contributed by atoms with van der Waals surface area (Å²) in [7, 11) is 1.84. The van der Waals surface area contributed by atoms with E-state index in [2.05, 4.69) is 34.4 Å². The molecule has 0 atom stereocenters. The number of guanidine groups is 1. The van der Waals surface area contributed by atoms with Crippen molar-refractivity contribution in [2.75, 3.05) is 59.7 Å². The van der Waals surface area contributed by atoms with Gasteiger partial charge in [-0.1, -0.05) is 0 Å². The normalized spacial score (nSPS) is 20.2. The minimum absolute atomic E-state index is 0. The molecule has 2 fully saturated rings. The van der Waals surface area contributed by atoms with E-state index in [1.54, 1.807) is 0 Å². The molecule has 28 heavy (non-hydrogen) atoms. The molecule has 0 saturated carbocycles. The molecule has 0 bridgehead atoms. The zero-order valence-corrected chi connectivity index (χ0v) is 20.3. The van der Waals surface area contributed by atoms with Crippen LogP contribution in [0.4, 0.5) is 0 Å². The number of hydrogen-bond acceptors (Lipinski definition) is 5. The number of ether oxygens (including phenoxy) is 3. The van der Waals surface area contributed by atoms with E-state index in [0.29, 0.717) is 18.2 Å². The van der Waals surface area contributed by atoms with E-state index in [1.807, 2.05) is 7.05 Å². The van der Waals surface area contributed by atoms with E-state index < -0.39 is 0 Å². The van der Waals surface area contributed by atoms with Gasteiger partial charge in [0, 0.05) is 59.1 Å². The van der Waals surface area contributed by atoms with Crippen LogP contribution in [0.1, 0.15) is 46.0 Å². The molecule has 2 N–H and O–H groups in total. The quantitative estimate of drug-likeness (QED) is 0.203. The van der Waals surface area contributed by atoms with E-state index >= 15 is 0 Å². The van der Waals surface area contributed by atoms with Gasteiger partial charge in [-0.2, -0.15) is 0 Å². The lowest BCUT2D eigenvalue weighted by Gasteiger charge is -2.33. The van der Waals surface area contributed by atoms with Crippen LogP contribution in [0.25, 0.3) is 0 Å². The third kappa shape index (κ3) is 11.1. The van der Waals surface area contributed by atoms with Gasteiger partial charge in [0.05, 0.1) is 18.8 Å². The van der Waals surface area contributed by atoms with E-state index in [1.165, 1.54) is 0 Å². The zero-order valence-electron chi connectivity index (χ0n) is 18.0. The van der Waals surface area contributed by atoms with Crippen molar-refractivity contribution in [3.8, 4) is 0 Å². The van der Waals surface area contributed by atoms with Crippen LogP contribution in [-0.2, 0) is 14.2 Å². The van der Waals surface area contributed by atoms with Gasteiger partial charge in [-0.15, -0.1) is 24.0 Å². The number of halogens is 1. The van der Waals surface area contributed by atoms with Gasteiger partial charge in [0.2, 0.25) is 0 Å². The molecule has 7 nitrogen and oxygen atoms in total. The topological polar surface area (TPSA) is 67.4 Å². The fraction of sp³-hybridized carbons (Fsp3) is 0.950. The Balaban J connectivity index is 0.00000392. The maximum Gasteiger partial charge on any atom is 0.191 e. The molecule has 2 rings (SSSR count). The summed E-state index contributed by atoms with van der Waals surface area (Å²) in [6.45, 7) is 11.6. The van der Waals surface area contributed by atoms with E-state index in [9.17, 15) is 0 Å². The average Bonchev–Trinajstić information content (AvgIpc) is 2.68. The molecule has 0 aromatic heterocycles. The SMILES string of the molecule is CN=C(NCCCOC1CCOCC1)NC1CCN(CCOC(C)C)CC1.I. The van der Waals surface area contributed by atoms with Crippen molar-refractivity contribution in [3.63, 3.8) is 0 Å². The highest BCUT2D eigenvalue weighted by molar-refractivity contribution is 14.0. The molecule has 0 aromatic rings. The molecule has 2 aliphatic rings. The second-order valence-electron chi connectivity index (χ2n) is 7.71. The standard InChI is InChI=1S/C20H40N4O3.HI/c1-17(2)26-16-12-24-10-5-18(6-11-24)23-20(21-3)22-9-4-13-27-19-7-14-25-15-8-19;/h17-19H,4-16H2,1-3H3,(H2,21,22,23);1H. The van der Waals surface area contributed by atoms with Crippen LogP contribution in [0, 0.1) is 0 Å². The summed E-state index contributed by atoms with van der Waals surface area (Å²) in [5, 5.41) is 6.98. The van der Waals surface area contributed by atoms with E-state index in [4.69, 9.17) is 14.2 Å². The molecule has 0 aromatic carbocycles. The molecular weight excluding hydrogens is 471 g/mol. The molecule has 0 spiro atoms. The molecular formula is C20H41IN4O3. The fourth-order valence-corrected chi connectivity index (χ4v) is 3.48. The second-order valence-corrected chi connectivity index (χ2v) is 7.71. The monoisotopic (exact) mass is 512 g/mol. The third-order valence-corrected chi connectivity index (χ3v) is 5.15. The highest BCUT2D eigenvalue weighted by atomic mass is 127. The smallest absolute Gasteiger partial charge is 0.191 e. The summed E-state index contributed by atoms with van der Waals surface area (Å²) >= 11 is 0. The van der Waals surface area contributed by atoms with Crippen molar-refractivity contribution < 1.29 is 14.2 Å².